The average molecular weight is 376 g/mol. The van der Waals surface area contributed by atoms with Crippen LogP contribution in [0.4, 0.5) is 10.2 Å². The van der Waals surface area contributed by atoms with Gasteiger partial charge in [0.2, 0.25) is 0 Å². The Kier molecular flexibility index (Phi) is 4.20. The van der Waals surface area contributed by atoms with Crippen LogP contribution in [0.2, 0.25) is 5.02 Å². The van der Waals surface area contributed by atoms with Crippen LogP contribution in [0.15, 0.2) is 24.7 Å². The molecule has 9 heteroatoms. The molecule has 2 atom stereocenters. The van der Waals surface area contributed by atoms with Crippen LogP contribution < -0.4 is 5.32 Å². The lowest BCUT2D eigenvalue weighted by Gasteiger charge is -2.18. The molecule has 3 aromatic heterocycles. The van der Waals surface area contributed by atoms with Gasteiger partial charge in [0, 0.05) is 29.4 Å². The Morgan fingerprint density at radius 2 is 2.19 bits per heavy atom. The van der Waals surface area contributed by atoms with E-state index < -0.39 is 17.7 Å². The number of nitrogens with one attached hydrogen (secondary N) is 2. The van der Waals surface area contributed by atoms with E-state index in [-0.39, 0.29) is 11.9 Å². The molecule has 0 radical (unpaired) electrons. The van der Waals surface area contributed by atoms with E-state index in [9.17, 15) is 14.3 Å². The van der Waals surface area contributed by atoms with Gasteiger partial charge in [-0.1, -0.05) is 18.0 Å². The molecule has 0 spiro atoms. The van der Waals surface area contributed by atoms with E-state index in [2.05, 4.69) is 25.3 Å². The summed E-state index contributed by atoms with van der Waals surface area (Å²) in [5.74, 6) is -1.76. The lowest BCUT2D eigenvalue weighted by molar-refractivity contribution is -0.141. The maximum Gasteiger partial charge on any atom is 0.308 e. The highest BCUT2D eigenvalue weighted by Gasteiger charge is 2.33. The smallest absolute Gasteiger partial charge is 0.308 e. The Bertz CT molecular complexity index is 992. The Morgan fingerprint density at radius 1 is 1.35 bits per heavy atom. The highest BCUT2D eigenvalue weighted by Crippen LogP contribution is 2.31. The molecule has 0 saturated heterocycles. The molecule has 0 aromatic carbocycles. The van der Waals surface area contributed by atoms with Crippen LogP contribution in [0.25, 0.3) is 22.4 Å². The van der Waals surface area contributed by atoms with Crippen molar-refractivity contribution >= 4 is 34.4 Å². The topological polar surface area (TPSA) is 104 Å². The van der Waals surface area contributed by atoms with Gasteiger partial charge in [0.25, 0.3) is 0 Å². The van der Waals surface area contributed by atoms with Crippen molar-refractivity contribution in [3.05, 3.63) is 35.5 Å². The number of rotatable bonds is 4. The predicted molar refractivity (Wildman–Crippen MR) is 94.5 cm³/mol. The van der Waals surface area contributed by atoms with Gasteiger partial charge in [0.05, 0.1) is 17.1 Å². The third-order valence-corrected chi connectivity index (χ3v) is 4.84. The molecule has 0 bridgehead atoms. The Labute approximate surface area is 152 Å². The third-order valence-electron chi connectivity index (χ3n) is 4.64. The number of carboxylic acid groups (broad SMARTS) is 1. The van der Waals surface area contributed by atoms with Crippen molar-refractivity contribution in [1.82, 2.24) is 19.9 Å². The van der Waals surface area contributed by atoms with Crippen LogP contribution in [0.3, 0.4) is 0 Å². The summed E-state index contributed by atoms with van der Waals surface area (Å²) < 4.78 is 14.2. The fourth-order valence-corrected chi connectivity index (χ4v) is 3.52. The van der Waals surface area contributed by atoms with Crippen LogP contribution in [0.5, 0.6) is 0 Å². The highest BCUT2D eigenvalue weighted by atomic mass is 35.5. The minimum absolute atomic E-state index is 0.00233. The number of aliphatic carboxylic acids is 1. The molecule has 0 aliphatic heterocycles. The van der Waals surface area contributed by atoms with Crippen molar-refractivity contribution in [1.29, 1.82) is 0 Å². The molecule has 3 heterocycles. The first kappa shape index (κ1) is 16.7. The summed E-state index contributed by atoms with van der Waals surface area (Å²) in [5.41, 5.74) is 1.26. The van der Waals surface area contributed by atoms with Crippen LogP contribution in [-0.4, -0.2) is 37.1 Å². The van der Waals surface area contributed by atoms with Gasteiger partial charge in [-0.25, -0.2) is 19.3 Å². The number of aromatic nitrogens is 4. The number of anilines is 1. The molecule has 4 rings (SSSR count). The van der Waals surface area contributed by atoms with Gasteiger partial charge in [-0.15, -0.1) is 0 Å². The second-order valence-corrected chi connectivity index (χ2v) is 6.71. The van der Waals surface area contributed by atoms with Gasteiger partial charge in [-0.2, -0.15) is 0 Å². The summed E-state index contributed by atoms with van der Waals surface area (Å²) >= 11 is 6.01. The monoisotopic (exact) mass is 375 g/mol. The van der Waals surface area contributed by atoms with Crippen LogP contribution >= 0.6 is 11.6 Å². The quantitative estimate of drug-likeness (QED) is 0.645. The van der Waals surface area contributed by atoms with Gasteiger partial charge < -0.3 is 15.4 Å². The van der Waals surface area contributed by atoms with Crippen molar-refractivity contribution in [3.8, 4) is 11.4 Å². The number of carbonyl (C=O) groups is 1. The molecule has 0 amide bonds. The zero-order valence-electron chi connectivity index (χ0n) is 13.5. The number of aromatic amines is 1. The number of H-pyrrole nitrogens is 1. The lowest BCUT2D eigenvalue weighted by atomic mass is 10.0. The fourth-order valence-electron chi connectivity index (χ4n) is 3.36. The first-order valence-corrected chi connectivity index (χ1v) is 8.55. The second-order valence-electron chi connectivity index (χ2n) is 6.27. The van der Waals surface area contributed by atoms with Crippen LogP contribution in [0, 0.1) is 11.7 Å². The summed E-state index contributed by atoms with van der Waals surface area (Å²) in [6, 6.07) is 1.37. The lowest BCUT2D eigenvalue weighted by Crippen LogP contribution is -2.30. The SMILES string of the molecule is O=C(O)[C@H]1CCC[C@H]1Nc1nc(-c2c[nH]c3ncc(Cl)cc23)ncc1F. The van der Waals surface area contributed by atoms with Gasteiger partial charge in [0.1, 0.15) is 5.65 Å². The van der Waals surface area contributed by atoms with Gasteiger partial charge in [0.15, 0.2) is 17.5 Å². The van der Waals surface area contributed by atoms with Gasteiger partial charge >= 0.3 is 5.97 Å². The molecule has 7 nitrogen and oxygen atoms in total. The molecule has 0 unspecified atom stereocenters. The molecular weight excluding hydrogens is 361 g/mol. The largest absolute Gasteiger partial charge is 0.481 e. The number of hydrogen-bond donors (Lipinski definition) is 3. The molecular formula is C17H15ClFN5O2. The van der Waals surface area contributed by atoms with E-state index in [1.807, 2.05) is 0 Å². The van der Waals surface area contributed by atoms with Gasteiger partial charge in [-0.05, 0) is 18.9 Å². The van der Waals surface area contributed by atoms with E-state index in [4.69, 9.17) is 11.6 Å². The number of carboxylic acids is 1. The molecule has 3 aromatic rings. The Balaban J connectivity index is 1.70. The molecule has 1 aliphatic rings. The van der Waals surface area contributed by atoms with E-state index >= 15 is 0 Å². The molecule has 134 valence electrons. The van der Waals surface area contributed by atoms with E-state index in [0.29, 0.717) is 34.9 Å². The molecule has 3 N–H and O–H groups in total. The average Bonchev–Trinajstić information content (AvgIpc) is 3.23. The number of halogens is 2. The van der Waals surface area contributed by atoms with Crippen molar-refractivity contribution in [3.63, 3.8) is 0 Å². The van der Waals surface area contributed by atoms with Crippen molar-refractivity contribution in [2.45, 2.75) is 25.3 Å². The molecule has 1 saturated carbocycles. The zero-order valence-corrected chi connectivity index (χ0v) is 14.3. The first-order valence-electron chi connectivity index (χ1n) is 8.18. The Hall–Kier alpha value is -2.74. The van der Waals surface area contributed by atoms with E-state index in [1.165, 1.54) is 6.20 Å². The molecule has 1 fully saturated rings. The molecule has 26 heavy (non-hydrogen) atoms. The summed E-state index contributed by atoms with van der Waals surface area (Å²) in [4.78, 5) is 26.8. The van der Waals surface area contributed by atoms with Crippen molar-refractivity contribution < 1.29 is 14.3 Å². The number of fused-ring (bicyclic) bond motifs is 1. The van der Waals surface area contributed by atoms with Crippen molar-refractivity contribution in [2.75, 3.05) is 5.32 Å². The zero-order chi connectivity index (χ0) is 18.3. The maximum absolute atomic E-state index is 14.2. The minimum Gasteiger partial charge on any atom is -0.481 e. The van der Waals surface area contributed by atoms with Crippen LogP contribution in [-0.2, 0) is 4.79 Å². The number of pyridine rings is 1. The number of nitrogens with zero attached hydrogens (tertiary/aromatic N) is 3. The Morgan fingerprint density at radius 3 is 3.00 bits per heavy atom. The minimum atomic E-state index is -0.882. The predicted octanol–water partition coefficient (Wildman–Crippen LogP) is 3.48. The third kappa shape index (κ3) is 2.96. The van der Waals surface area contributed by atoms with E-state index in [1.54, 1.807) is 12.3 Å². The second kappa shape index (κ2) is 6.53. The van der Waals surface area contributed by atoms with E-state index in [0.717, 1.165) is 18.0 Å². The summed E-state index contributed by atoms with van der Waals surface area (Å²) in [6.07, 6.45) is 6.28. The first-order chi connectivity index (χ1) is 12.5. The highest BCUT2D eigenvalue weighted by molar-refractivity contribution is 6.31. The summed E-state index contributed by atoms with van der Waals surface area (Å²) in [7, 11) is 0. The fraction of sp³-hybridized carbons (Fsp3) is 0.294. The number of hydrogen-bond acceptors (Lipinski definition) is 5. The summed E-state index contributed by atoms with van der Waals surface area (Å²) in [6.45, 7) is 0. The van der Waals surface area contributed by atoms with Crippen molar-refractivity contribution in [2.24, 2.45) is 5.92 Å². The van der Waals surface area contributed by atoms with Gasteiger partial charge in [-0.3, -0.25) is 4.79 Å². The normalized spacial score (nSPS) is 19.8. The molecule has 1 aliphatic carbocycles. The summed E-state index contributed by atoms with van der Waals surface area (Å²) in [5, 5.41) is 13.4. The van der Waals surface area contributed by atoms with Crippen LogP contribution in [0.1, 0.15) is 19.3 Å². The standard InChI is InChI=1S/C17H15ClFN5O2/c18-8-4-10-11(6-21-14(10)20-5-8)15-22-7-12(19)16(24-15)23-13-3-1-2-9(13)17(25)26/h4-7,9,13H,1-3H2,(H,20,21)(H,25,26)(H,22,23,24)/t9-,13+/m0/s1. The maximum atomic E-state index is 14.2.